The van der Waals surface area contributed by atoms with Gasteiger partial charge in [0.25, 0.3) is 0 Å². The quantitative estimate of drug-likeness (QED) is 0.486. The Morgan fingerprint density at radius 3 is 2.89 bits per heavy atom. The highest BCUT2D eigenvalue weighted by Crippen LogP contribution is 2.16. The van der Waals surface area contributed by atoms with Crippen molar-refractivity contribution in [3.8, 4) is 0 Å². The highest BCUT2D eigenvalue weighted by Gasteiger charge is 2.16. The van der Waals surface area contributed by atoms with Crippen molar-refractivity contribution in [1.82, 2.24) is 4.90 Å². The van der Waals surface area contributed by atoms with Crippen LogP contribution in [-0.4, -0.2) is 44.1 Å². The zero-order valence-electron chi connectivity index (χ0n) is 6.01. The summed E-state index contributed by atoms with van der Waals surface area (Å²) in [7, 11) is 2.26. The van der Waals surface area contributed by atoms with Crippen molar-refractivity contribution >= 4 is 7.85 Å². The van der Waals surface area contributed by atoms with Gasteiger partial charge in [-0.2, -0.15) is 0 Å². The molecule has 3 heteroatoms. The molecule has 1 heterocycles. The lowest BCUT2D eigenvalue weighted by molar-refractivity contribution is 0.222. The molecule has 1 fully saturated rings. The normalized spacial score (nSPS) is 29.2. The van der Waals surface area contributed by atoms with E-state index in [1.54, 1.807) is 0 Å². The molecule has 0 aromatic carbocycles. The van der Waals surface area contributed by atoms with Crippen LogP contribution in [0.3, 0.4) is 0 Å². The molecule has 1 unspecified atom stereocenters. The summed E-state index contributed by atoms with van der Waals surface area (Å²) in [4.78, 5) is 2.31. The van der Waals surface area contributed by atoms with Crippen molar-refractivity contribution in [2.45, 2.75) is 12.2 Å². The van der Waals surface area contributed by atoms with E-state index < -0.39 is 0 Å². The van der Waals surface area contributed by atoms with E-state index in [-0.39, 0.29) is 0 Å². The minimum atomic E-state index is 0.312. The molecule has 0 aromatic rings. The summed E-state index contributed by atoms with van der Waals surface area (Å²) < 4.78 is 0. The Kier molecular flexibility index (Phi) is 2.55. The predicted molar refractivity (Wildman–Crippen MR) is 40.4 cm³/mol. The van der Waals surface area contributed by atoms with E-state index in [9.17, 15) is 0 Å². The fourth-order valence-corrected chi connectivity index (χ4v) is 1.37. The molecule has 0 amide bonds. The van der Waals surface area contributed by atoms with Crippen molar-refractivity contribution in [2.24, 2.45) is 0 Å². The highest BCUT2D eigenvalue weighted by atomic mass is 16.3. The summed E-state index contributed by atoms with van der Waals surface area (Å²) in [5, 5.41) is 8.57. The van der Waals surface area contributed by atoms with Crippen LogP contribution < -0.4 is 0 Å². The first kappa shape index (κ1) is 7.10. The van der Waals surface area contributed by atoms with Crippen LogP contribution in [-0.2, 0) is 0 Å². The lowest BCUT2D eigenvalue weighted by Crippen LogP contribution is -2.23. The first-order chi connectivity index (χ1) is 4.33. The Morgan fingerprint density at radius 2 is 2.44 bits per heavy atom. The number of β-amino-alcohol motifs (C(OH)–C–C–N with tert-alkyl or cyclic N) is 1. The SMILES string of the molecule is BC1CCN(CCO)C1. The summed E-state index contributed by atoms with van der Waals surface area (Å²) in [6, 6.07) is 0. The standard InChI is InChI=1S/C6H14BNO/c7-6-1-2-8(5-6)3-4-9/h6,9H,1-5,7H2. The Bertz CT molecular complexity index is 87.1. The number of hydrogen-bond donors (Lipinski definition) is 1. The Hall–Kier alpha value is -0.0151. The minimum absolute atomic E-state index is 0.312. The molecule has 0 saturated carbocycles. The zero-order valence-corrected chi connectivity index (χ0v) is 6.01. The summed E-state index contributed by atoms with van der Waals surface area (Å²) in [6.07, 6.45) is 1.31. The average molecular weight is 127 g/mol. The fraction of sp³-hybridized carbons (Fsp3) is 1.00. The van der Waals surface area contributed by atoms with E-state index in [1.165, 1.54) is 19.5 Å². The van der Waals surface area contributed by atoms with Crippen LogP contribution in [0.25, 0.3) is 0 Å². The third-order valence-corrected chi connectivity index (χ3v) is 1.92. The van der Waals surface area contributed by atoms with Crippen molar-refractivity contribution in [3.63, 3.8) is 0 Å². The minimum Gasteiger partial charge on any atom is -0.395 e. The number of aliphatic hydroxyl groups excluding tert-OH is 1. The van der Waals surface area contributed by atoms with Crippen LogP contribution in [0.2, 0.25) is 5.82 Å². The molecule has 0 bridgehead atoms. The van der Waals surface area contributed by atoms with Gasteiger partial charge < -0.3 is 10.0 Å². The molecule has 0 aromatic heterocycles. The molecule has 1 atom stereocenters. The van der Waals surface area contributed by atoms with E-state index in [4.69, 9.17) is 5.11 Å². The smallest absolute Gasteiger partial charge is 0.107 e. The van der Waals surface area contributed by atoms with Gasteiger partial charge in [0.2, 0.25) is 0 Å². The van der Waals surface area contributed by atoms with Crippen LogP contribution in [0.1, 0.15) is 6.42 Å². The second-order valence-electron chi connectivity index (χ2n) is 2.92. The predicted octanol–water partition coefficient (Wildman–Crippen LogP) is -0.894. The van der Waals surface area contributed by atoms with Crippen LogP contribution in [0.4, 0.5) is 0 Å². The maximum absolute atomic E-state index is 8.57. The maximum Gasteiger partial charge on any atom is 0.107 e. The third-order valence-electron chi connectivity index (χ3n) is 1.92. The van der Waals surface area contributed by atoms with Crippen LogP contribution in [0.5, 0.6) is 0 Å². The molecule has 2 nitrogen and oxygen atoms in total. The fourth-order valence-electron chi connectivity index (χ4n) is 1.37. The van der Waals surface area contributed by atoms with Gasteiger partial charge in [-0.1, -0.05) is 5.82 Å². The van der Waals surface area contributed by atoms with Gasteiger partial charge >= 0.3 is 0 Å². The van der Waals surface area contributed by atoms with Gasteiger partial charge in [-0.3, -0.25) is 0 Å². The largest absolute Gasteiger partial charge is 0.395 e. The van der Waals surface area contributed by atoms with E-state index >= 15 is 0 Å². The zero-order chi connectivity index (χ0) is 6.69. The Balaban J connectivity index is 2.14. The topological polar surface area (TPSA) is 23.5 Å². The van der Waals surface area contributed by atoms with Crippen molar-refractivity contribution in [2.75, 3.05) is 26.2 Å². The molecule has 1 aliphatic rings. The molecule has 1 saturated heterocycles. The van der Waals surface area contributed by atoms with Crippen molar-refractivity contribution < 1.29 is 5.11 Å². The second-order valence-corrected chi connectivity index (χ2v) is 2.92. The van der Waals surface area contributed by atoms with Crippen molar-refractivity contribution in [3.05, 3.63) is 0 Å². The maximum atomic E-state index is 8.57. The summed E-state index contributed by atoms with van der Waals surface area (Å²) in [5.74, 6) is 0.844. The average Bonchev–Trinajstić information content (AvgIpc) is 2.17. The summed E-state index contributed by atoms with van der Waals surface area (Å²) >= 11 is 0. The Labute approximate surface area is 57.3 Å². The Morgan fingerprint density at radius 1 is 1.67 bits per heavy atom. The van der Waals surface area contributed by atoms with E-state index in [0.29, 0.717) is 6.61 Å². The lowest BCUT2D eigenvalue weighted by atomic mass is 9.87. The number of hydrogen-bond acceptors (Lipinski definition) is 2. The summed E-state index contributed by atoms with van der Waals surface area (Å²) in [5.41, 5.74) is 0. The van der Waals surface area contributed by atoms with E-state index in [0.717, 1.165) is 12.4 Å². The van der Waals surface area contributed by atoms with Crippen LogP contribution in [0.15, 0.2) is 0 Å². The molecule has 1 rings (SSSR count). The molecule has 1 aliphatic heterocycles. The first-order valence-electron chi connectivity index (χ1n) is 3.66. The molecule has 0 spiro atoms. The van der Waals surface area contributed by atoms with E-state index in [1.807, 2.05) is 0 Å². The van der Waals surface area contributed by atoms with Crippen LogP contribution in [0, 0.1) is 0 Å². The second kappa shape index (κ2) is 3.23. The molecule has 9 heavy (non-hydrogen) atoms. The van der Waals surface area contributed by atoms with Crippen molar-refractivity contribution in [1.29, 1.82) is 0 Å². The van der Waals surface area contributed by atoms with E-state index in [2.05, 4.69) is 12.7 Å². The van der Waals surface area contributed by atoms with Crippen LogP contribution >= 0.6 is 0 Å². The number of nitrogens with zero attached hydrogens (tertiary/aromatic N) is 1. The number of rotatable bonds is 2. The van der Waals surface area contributed by atoms with Gasteiger partial charge in [0.05, 0.1) is 6.61 Å². The van der Waals surface area contributed by atoms with Gasteiger partial charge in [0.1, 0.15) is 7.85 Å². The molecule has 0 radical (unpaired) electrons. The highest BCUT2D eigenvalue weighted by molar-refractivity contribution is 6.11. The molecular formula is C6H14BNO. The summed E-state index contributed by atoms with van der Waals surface area (Å²) in [6.45, 7) is 3.54. The van der Waals surface area contributed by atoms with Gasteiger partial charge in [-0.15, -0.1) is 0 Å². The number of likely N-dealkylation sites (tertiary alicyclic amines) is 1. The van der Waals surface area contributed by atoms with Gasteiger partial charge in [-0.25, -0.2) is 0 Å². The third kappa shape index (κ3) is 1.99. The molecule has 52 valence electrons. The molecule has 1 N–H and O–H groups in total. The lowest BCUT2D eigenvalue weighted by Gasteiger charge is -2.11. The molecular weight excluding hydrogens is 113 g/mol. The molecule has 0 aliphatic carbocycles. The van der Waals surface area contributed by atoms with Gasteiger partial charge in [-0.05, 0) is 19.5 Å². The monoisotopic (exact) mass is 127 g/mol. The van der Waals surface area contributed by atoms with Gasteiger partial charge in [0.15, 0.2) is 0 Å². The number of aliphatic hydroxyl groups is 1. The first-order valence-corrected chi connectivity index (χ1v) is 3.66. The van der Waals surface area contributed by atoms with Gasteiger partial charge in [0, 0.05) is 6.54 Å².